The van der Waals surface area contributed by atoms with Crippen LogP contribution in [0.25, 0.3) is 5.69 Å². The highest BCUT2D eigenvalue weighted by Gasteiger charge is 2.50. The third-order valence-corrected chi connectivity index (χ3v) is 15.3. The van der Waals surface area contributed by atoms with Crippen LogP contribution in [0.15, 0.2) is 120 Å². The van der Waals surface area contributed by atoms with E-state index in [4.69, 9.17) is 9.16 Å². The summed E-state index contributed by atoms with van der Waals surface area (Å²) in [5.74, 6) is -0.781. The number of anilines is 1. The van der Waals surface area contributed by atoms with Crippen molar-refractivity contribution in [2.75, 3.05) is 24.6 Å². The normalized spacial score (nSPS) is 15.9. The number of imide groups is 1. The summed E-state index contributed by atoms with van der Waals surface area (Å²) >= 11 is 0. The molecule has 0 bridgehead atoms. The smallest absolute Gasteiger partial charge is 0.414 e. The fraction of sp³-hybridized carbons (Fsp3) is 0.256. The van der Waals surface area contributed by atoms with Crippen LogP contribution in [0.2, 0.25) is 5.04 Å². The van der Waals surface area contributed by atoms with E-state index in [0.717, 1.165) is 21.7 Å². The van der Waals surface area contributed by atoms with Crippen LogP contribution in [-0.4, -0.2) is 61.5 Å². The first-order valence-corrected chi connectivity index (χ1v) is 19.8. The van der Waals surface area contributed by atoms with Crippen LogP contribution in [0.4, 0.5) is 10.5 Å². The Balaban J connectivity index is 1.10. The molecule has 2 aliphatic rings. The Morgan fingerprint density at radius 2 is 1.30 bits per heavy atom. The largest absolute Gasteiger partial charge is 0.442 e. The average Bonchev–Trinajstić information content (AvgIpc) is 3.63. The maximum atomic E-state index is 14.1. The number of carbonyl (C=O) groups is 3. The summed E-state index contributed by atoms with van der Waals surface area (Å²) < 4.78 is 14.4. The van der Waals surface area contributed by atoms with Gasteiger partial charge in [-0.1, -0.05) is 99.6 Å². The number of ether oxygens (including phenoxy) is 1. The Labute approximate surface area is 310 Å². The van der Waals surface area contributed by atoms with Gasteiger partial charge in [-0.15, -0.1) is 0 Å². The molecule has 7 rings (SSSR count). The van der Waals surface area contributed by atoms with Crippen molar-refractivity contribution in [3.05, 3.63) is 154 Å². The van der Waals surface area contributed by atoms with Gasteiger partial charge in [0.05, 0.1) is 29.9 Å². The summed E-state index contributed by atoms with van der Waals surface area (Å²) in [6, 6.07) is 35.1. The molecule has 3 heterocycles. The number of carbonyl (C=O) groups excluding carboxylic acids is 3. The number of pyridine rings is 1. The van der Waals surface area contributed by atoms with Crippen LogP contribution in [-0.2, 0) is 15.6 Å². The van der Waals surface area contributed by atoms with Crippen molar-refractivity contribution < 1.29 is 23.5 Å². The summed E-state index contributed by atoms with van der Waals surface area (Å²) in [6.07, 6.45) is 0.967. The van der Waals surface area contributed by atoms with Gasteiger partial charge in [-0.05, 0) is 77.1 Å². The molecule has 53 heavy (non-hydrogen) atoms. The molecule has 1 saturated heterocycles. The third kappa shape index (κ3) is 6.42. The van der Waals surface area contributed by atoms with E-state index in [1.165, 1.54) is 15.3 Å². The lowest BCUT2D eigenvalue weighted by atomic mass is 10.1. The summed E-state index contributed by atoms with van der Waals surface area (Å²) in [7, 11) is -2.77. The molecule has 2 aliphatic heterocycles. The molecule has 0 aliphatic carbocycles. The van der Waals surface area contributed by atoms with Crippen LogP contribution >= 0.6 is 0 Å². The molecular formula is C43H43N3O6Si. The molecule has 0 unspecified atom stereocenters. The molecule has 0 spiro atoms. The number of rotatable bonds is 10. The number of hydrogen-bond donors (Lipinski definition) is 0. The maximum absolute atomic E-state index is 14.1. The molecule has 1 atom stereocenters. The first-order chi connectivity index (χ1) is 25.4. The van der Waals surface area contributed by atoms with E-state index in [2.05, 4.69) is 69.3 Å². The Morgan fingerprint density at radius 3 is 1.85 bits per heavy atom. The standard InChI is InChI=1S/C43H43N3O6Si/c1-29-25-32(45-27-33(52-42(45)50)28-46-40(48)36-20-12-13-21-37(36)41(46)49)26-30(2)38(29)44-23-14-15-31(39(44)47)22-24-51-53(43(3,4)5,34-16-8-6-9-17-34)35-18-10-7-11-19-35/h6-21,23,25-26,33H,22,24,27-28H2,1-5H3/t33-/m0/s1. The SMILES string of the molecule is Cc1cc(N2C[C@@H](CN3C(=O)c4ccccc4C3=O)OC2=O)cc(C)c1-n1cccc(CCO[Si](c2ccccc2)(c2ccccc2)C(C)(C)C)c1=O. The minimum absolute atomic E-state index is 0.0351. The lowest BCUT2D eigenvalue weighted by molar-refractivity contribution is 0.0558. The molecule has 1 fully saturated rings. The second kappa shape index (κ2) is 14.1. The molecule has 9 nitrogen and oxygen atoms in total. The van der Waals surface area contributed by atoms with Crippen LogP contribution in [0.5, 0.6) is 0 Å². The van der Waals surface area contributed by atoms with Gasteiger partial charge in [-0.3, -0.25) is 28.8 Å². The van der Waals surface area contributed by atoms with E-state index in [-0.39, 0.29) is 23.7 Å². The van der Waals surface area contributed by atoms with Gasteiger partial charge in [0.1, 0.15) is 6.10 Å². The van der Waals surface area contributed by atoms with Crippen LogP contribution in [0.1, 0.15) is 58.2 Å². The molecule has 0 N–H and O–H groups in total. The number of aromatic nitrogens is 1. The van der Waals surface area contributed by atoms with Gasteiger partial charge < -0.3 is 9.16 Å². The van der Waals surface area contributed by atoms with Gasteiger partial charge in [-0.25, -0.2) is 4.79 Å². The van der Waals surface area contributed by atoms with Crippen LogP contribution < -0.4 is 20.8 Å². The molecule has 1 aromatic heterocycles. The van der Waals surface area contributed by atoms with Crippen LogP contribution in [0.3, 0.4) is 0 Å². The number of amides is 3. The molecular weight excluding hydrogens is 683 g/mol. The molecule has 0 saturated carbocycles. The molecule has 0 radical (unpaired) electrons. The summed E-state index contributed by atoms with van der Waals surface area (Å²) in [5, 5.41) is 2.19. The Morgan fingerprint density at radius 1 is 0.755 bits per heavy atom. The highest BCUT2D eigenvalue weighted by Crippen LogP contribution is 2.37. The van der Waals surface area contributed by atoms with E-state index in [0.29, 0.717) is 35.4 Å². The predicted octanol–water partition coefficient (Wildman–Crippen LogP) is 6.19. The van der Waals surface area contributed by atoms with Crippen molar-refractivity contribution in [3.8, 4) is 5.69 Å². The number of cyclic esters (lactones) is 1. The molecule has 10 heteroatoms. The van der Waals surface area contributed by atoms with Gasteiger partial charge in [0, 0.05) is 24.1 Å². The molecule has 270 valence electrons. The fourth-order valence-corrected chi connectivity index (χ4v) is 12.4. The number of fused-ring (bicyclic) bond motifs is 1. The first-order valence-electron chi connectivity index (χ1n) is 17.9. The minimum Gasteiger partial charge on any atom is -0.442 e. The highest BCUT2D eigenvalue weighted by molar-refractivity contribution is 6.99. The van der Waals surface area contributed by atoms with Crippen molar-refractivity contribution in [1.82, 2.24) is 9.47 Å². The van der Waals surface area contributed by atoms with Gasteiger partial charge in [0.15, 0.2) is 0 Å². The fourth-order valence-electron chi connectivity index (χ4n) is 7.89. The van der Waals surface area contributed by atoms with E-state index in [1.54, 1.807) is 35.0 Å². The van der Waals surface area contributed by atoms with Crippen molar-refractivity contribution in [1.29, 1.82) is 0 Å². The summed E-state index contributed by atoms with van der Waals surface area (Å²) in [6.45, 7) is 11.0. The van der Waals surface area contributed by atoms with E-state index < -0.39 is 32.3 Å². The van der Waals surface area contributed by atoms with Crippen molar-refractivity contribution in [3.63, 3.8) is 0 Å². The number of aryl methyl sites for hydroxylation is 2. The number of nitrogens with zero attached hydrogens (tertiary/aromatic N) is 3. The molecule has 3 amide bonds. The Kier molecular flexibility index (Phi) is 9.52. The van der Waals surface area contributed by atoms with Crippen molar-refractivity contribution in [2.24, 2.45) is 0 Å². The zero-order valence-electron chi connectivity index (χ0n) is 30.7. The Hall–Kier alpha value is -5.58. The molecule has 5 aromatic rings. The van der Waals surface area contributed by atoms with Crippen molar-refractivity contribution >= 4 is 42.3 Å². The first kappa shape index (κ1) is 35.8. The Bertz CT molecular complexity index is 2170. The summed E-state index contributed by atoms with van der Waals surface area (Å²) in [5.41, 5.74) is 4.19. The van der Waals surface area contributed by atoms with Gasteiger partial charge in [-0.2, -0.15) is 0 Å². The van der Waals surface area contributed by atoms with Crippen LogP contribution in [0, 0.1) is 13.8 Å². The van der Waals surface area contributed by atoms with Crippen molar-refractivity contribution in [2.45, 2.75) is 52.2 Å². The second-order valence-corrected chi connectivity index (χ2v) is 19.1. The molecule has 4 aromatic carbocycles. The summed E-state index contributed by atoms with van der Waals surface area (Å²) in [4.78, 5) is 55.6. The van der Waals surface area contributed by atoms with E-state index in [9.17, 15) is 19.2 Å². The van der Waals surface area contributed by atoms with Gasteiger partial charge >= 0.3 is 6.09 Å². The zero-order chi connectivity index (χ0) is 37.5. The minimum atomic E-state index is -2.77. The zero-order valence-corrected chi connectivity index (χ0v) is 31.7. The monoisotopic (exact) mass is 725 g/mol. The average molecular weight is 726 g/mol. The lowest BCUT2D eigenvalue weighted by Crippen LogP contribution is -2.66. The highest BCUT2D eigenvalue weighted by atomic mass is 28.4. The number of hydrogen-bond acceptors (Lipinski definition) is 6. The topological polar surface area (TPSA) is 98.2 Å². The predicted molar refractivity (Wildman–Crippen MR) is 208 cm³/mol. The van der Waals surface area contributed by atoms with E-state index in [1.807, 2.05) is 50.2 Å². The lowest BCUT2D eigenvalue weighted by Gasteiger charge is -2.43. The second-order valence-electron chi connectivity index (χ2n) is 14.8. The maximum Gasteiger partial charge on any atom is 0.414 e. The van der Waals surface area contributed by atoms with E-state index >= 15 is 0 Å². The number of benzene rings is 4. The quantitative estimate of drug-likeness (QED) is 0.126. The van der Waals surface area contributed by atoms with Gasteiger partial charge in [0.25, 0.3) is 25.7 Å². The third-order valence-electron chi connectivity index (χ3n) is 10.3. The van der Waals surface area contributed by atoms with Gasteiger partial charge in [0.2, 0.25) is 0 Å².